The van der Waals surface area contributed by atoms with Gasteiger partial charge in [-0.25, -0.2) is 4.39 Å². The molecule has 1 aromatic heterocycles. The van der Waals surface area contributed by atoms with Gasteiger partial charge in [-0.1, -0.05) is 26.2 Å². The predicted molar refractivity (Wildman–Crippen MR) is 74.1 cm³/mol. The van der Waals surface area contributed by atoms with Crippen LogP contribution in [0.5, 0.6) is 0 Å². The van der Waals surface area contributed by atoms with Gasteiger partial charge in [0.15, 0.2) is 0 Å². The minimum absolute atomic E-state index is 0.372. The van der Waals surface area contributed by atoms with Gasteiger partial charge in [-0.3, -0.25) is 4.98 Å². The average Bonchev–Trinajstić information content (AvgIpc) is 2.47. The van der Waals surface area contributed by atoms with Gasteiger partial charge in [0.05, 0.1) is 23.4 Å². The Labute approximate surface area is 119 Å². The first-order valence-electron chi connectivity index (χ1n) is 7.21. The van der Waals surface area contributed by atoms with Crippen LogP contribution in [0.2, 0.25) is 0 Å². The molecule has 1 N–H and O–H groups in total. The smallest absolute Gasteiger partial charge is 0.141 e. The van der Waals surface area contributed by atoms with Gasteiger partial charge in [-0.2, -0.15) is 5.26 Å². The maximum absolute atomic E-state index is 13.0. The number of halogens is 1. The largest absolute Gasteiger partial charge is 0.382 e. The van der Waals surface area contributed by atoms with E-state index in [0.717, 1.165) is 25.5 Å². The maximum Gasteiger partial charge on any atom is 0.141 e. The Balaban J connectivity index is 2.38. The molecule has 20 heavy (non-hydrogen) atoms. The summed E-state index contributed by atoms with van der Waals surface area (Å²) in [5, 5.41) is 20.7. The number of nitriles is 1. The number of hydrogen-bond acceptors (Lipinski definition) is 3. The van der Waals surface area contributed by atoms with E-state index in [1.807, 2.05) is 0 Å². The lowest BCUT2D eigenvalue weighted by Gasteiger charge is -2.44. The van der Waals surface area contributed by atoms with Crippen molar-refractivity contribution in [3.05, 3.63) is 29.8 Å². The zero-order valence-corrected chi connectivity index (χ0v) is 12.1. The molecule has 1 saturated carbocycles. The molecule has 108 valence electrons. The van der Waals surface area contributed by atoms with Crippen LogP contribution in [0.1, 0.15) is 51.6 Å². The van der Waals surface area contributed by atoms with Crippen molar-refractivity contribution in [2.45, 2.75) is 51.6 Å². The monoisotopic (exact) mass is 276 g/mol. The van der Waals surface area contributed by atoms with Crippen molar-refractivity contribution in [3.8, 4) is 6.07 Å². The first kappa shape index (κ1) is 14.9. The Bertz CT molecular complexity index is 506. The molecule has 1 aliphatic carbocycles. The molecule has 0 aliphatic heterocycles. The molecule has 0 saturated heterocycles. The van der Waals surface area contributed by atoms with E-state index >= 15 is 0 Å². The maximum atomic E-state index is 13.0. The zero-order valence-electron chi connectivity index (χ0n) is 12.1. The number of hydrogen-bond donors (Lipinski definition) is 1. The molecular formula is C16H21FN2O. The molecule has 0 aromatic carbocycles. The highest BCUT2D eigenvalue weighted by Gasteiger charge is 2.51. The van der Waals surface area contributed by atoms with E-state index in [1.165, 1.54) is 12.1 Å². The molecule has 0 radical (unpaired) electrons. The highest BCUT2D eigenvalue weighted by molar-refractivity contribution is 5.23. The topological polar surface area (TPSA) is 56.9 Å². The summed E-state index contributed by atoms with van der Waals surface area (Å²) in [6.07, 6.45) is 5.47. The average molecular weight is 276 g/mol. The Morgan fingerprint density at radius 2 is 2.35 bits per heavy atom. The van der Waals surface area contributed by atoms with Crippen LogP contribution in [0.15, 0.2) is 18.3 Å². The number of pyridine rings is 1. The summed E-state index contributed by atoms with van der Waals surface area (Å²) < 4.78 is 13.0. The molecule has 3 atom stereocenters. The first-order chi connectivity index (χ1) is 9.45. The van der Waals surface area contributed by atoms with Gasteiger partial charge < -0.3 is 5.11 Å². The molecule has 0 spiro atoms. The van der Waals surface area contributed by atoms with E-state index in [0.29, 0.717) is 24.5 Å². The van der Waals surface area contributed by atoms with Gasteiger partial charge in [-0.05, 0) is 37.8 Å². The summed E-state index contributed by atoms with van der Waals surface area (Å²) >= 11 is 0. The van der Waals surface area contributed by atoms with Crippen LogP contribution in [-0.2, 0) is 5.60 Å². The molecule has 1 aliphatic rings. The highest BCUT2D eigenvalue weighted by atomic mass is 19.1. The minimum atomic E-state index is -1.36. The van der Waals surface area contributed by atoms with Crippen LogP contribution in [0.4, 0.5) is 4.39 Å². The molecule has 3 nitrogen and oxygen atoms in total. The van der Waals surface area contributed by atoms with Crippen molar-refractivity contribution in [1.29, 1.82) is 5.26 Å². The SMILES string of the molecule is CCC1CCCC(C#N)(C(C)(O)c2ccc(F)cn2)C1. The fourth-order valence-electron chi connectivity index (χ4n) is 3.30. The summed E-state index contributed by atoms with van der Waals surface area (Å²) in [6.45, 7) is 3.75. The van der Waals surface area contributed by atoms with Gasteiger partial charge in [0.2, 0.25) is 0 Å². The number of aromatic nitrogens is 1. The van der Waals surface area contributed by atoms with Crippen LogP contribution >= 0.6 is 0 Å². The molecular weight excluding hydrogens is 255 g/mol. The molecule has 4 heteroatoms. The van der Waals surface area contributed by atoms with Crippen molar-refractivity contribution in [1.82, 2.24) is 4.98 Å². The third-order valence-corrected chi connectivity index (χ3v) is 4.80. The second-order valence-electron chi connectivity index (χ2n) is 6.00. The summed E-state index contributed by atoms with van der Waals surface area (Å²) in [7, 11) is 0. The molecule has 0 amide bonds. The highest BCUT2D eigenvalue weighted by Crippen LogP contribution is 2.51. The fourth-order valence-corrected chi connectivity index (χ4v) is 3.30. The number of rotatable bonds is 3. The molecule has 3 unspecified atom stereocenters. The van der Waals surface area contributed by atoms with Crippen LogP contribution in [-0.4, -0.2) is 10.1 Å². The second kappa shape index (κ2) is 5.49. The van der Waals surface area contributed by atoms with Gasteiger partial charge in [0.25, 0.3) is 0 Å². The predicted octanol–water partition coefficient (Wildman–Crippen LogP) is 3.54. The van der Waals surface area contributed by atoms with Crippen LogP contribution < -0.4 is 0 Å². The Hall–Kier alpha value is -1.47. The second-order valence-corrected chi connectivity index (χ2v) is 6.00. The van der Waals surface area contributed by atoms with Gasteiger partial charge in [0.1, 0.15) is 11.4 Å². The van der Waals surface area contributed by atoms with Gasteiger partial charge in [0, 0.05) is 0 Å². The summed E-state index contributed by atoms with van der Waals surface area (Å²) in [5.74, 6) is 0.0148. The molecule has 1 heterocycles. The lowest BCUT2D eigenvalue weighted by Crippen LogP contribution is -2.46. The third-order valence-electron chi connectivity index (χ3n) is 4.80. The quantitative estimate of drug-likeness (QED) is 0.918. The Morgan fingerprint density at radius 1 is 1.60 bits per heavy atom. The van der Waals surface area contributed by atoms with E-state index in [1.54, 1.807) is 6.92 Å². The van der Waals surface area contributed by atoms with Crippen LogP contribution in [0.3, 0.4) is 0 Å². The summed E-state index contributed by atoms with van der Waals surface area (Å²) in [4.78, 5) is 3.99. The Kier molecular flexibility index (Phi) is 4.10. The van der Waals surface area contributed by atoms with E-state index in [9.17, 15) is 14.8 Å². The molecule has 2 rings (SSSR count). The number of nitrogens with zero attached hydrogens (tertiary/aromatic N) is 2. The van der Waals surface area contributed by atoms with Gasteiger partial charge >= 0.3 is 0 Å². The van der Waals surface area contributed by atoms with E-state index in [-0.39, 0.29) is 0 Å². The van der Waals surface area contributed by atoms with Crippen LogP contribution in [0.25, 0.3) is 0 Å². The van der Waals surface area contributed by atoms with Crippen molar-refractivity contribution in [3.63, 3.8) is 0 Å². The van der Waals surface area contributed by atoms with Crippen LogP contribution in [0, 0.1) is 28.5 Å². The fraction of sp³-hybridized carbons (Fsp3) is 0.625. The van der Waals surface area contributed by atoms with E-state index in [4.69, 9.17) is 0 Å². The van der Waals surface area contributed by atoms with E-state index in [2.05, 4.69) is 18.0 Å². The molecule has 0 bridgehead atoms. The van der Waals surface area contributed by atoms with Crippen molar-refractivity contribution >= 4 is 0 Å². The zero-order chi connectivity index (χ0) is 14.8. The normalized spacial score (nSPS) is 29.4. The summed E-state index contributed by atoms with van der Waals surface area (Å²) in [5.41, 5.74) is -1.82. The van der Waals surface area contributed by atoms with Gasteiger partial charge in [-0.15, -0.1) is 0 Å². The number of aliphatic hydroxyl groups is 1. The van der Waals surface area contributed by atoms with Crippen molar-refractivity contribution in [2.75, 3.05) is 0 Å². The molecule has 1 fully saturated rings. The van der Waals surface area contributed by atoms with Crippen molar-refractivity contribution < 1.29 is 9.50 Å². The lowest BCUT2D eigenvalue weighted by atomic mass is 9.60. The van der Waals surface area contributed by atoms with Crippen molar-refractivity contribution in [2.24, 2.45) is 11.3 Å². The third kappa shape index (κ3) is 2.43. The standard InChI is InChI=1S/C16H21FN2O/c1-3-12-5-4-8-16(9-12,11-18)15(2,20)14-7-6-13(17)10-19-14/h6-7,10,12,20H,3-5,8-9H2,1-2H3. The first-order valence-corrected chi connectivity index (χ1v) is 7.21. The summed E-state index contributed by atoms with van der Waals surface area (Å²) in [6, 6.07) is 5.11. The van der Waals surface area contributed by atoms with E-state index < -0.39 is 16.8 Å². The molecule has 1 aromatic rings. The lowest BCUT2D eigenvalue weighted by molar-refractivity contribution is -0.0769. The minimum Gasteiger partial charge on any atom is -0.382 e. The Morgan fingerprint density at radius 3 is 2.90 bits per heavy atom.